The van der Waals surface area contributed by atoms with Gasteiger partial charge >= 0.3 is 0 Å². The van der Waals surface area contributed by atoms with Gasteiger partial charge in [-0.2, -0.15) is 0 Å². The molecule has 0 radical (unpaired) electrons. The quantitative estimate of drug-likeness (QED) is 0.0728. The van der Waals surface area contributed by atoms with E-state index in [1.54, 1.807) is 0 Å². The highest BCUT2D eigenvalue weighted by molar-refractivity contribution is 5.02. The second kappa shape index (κ2) is 18.7. The summed E-state index contributed by atoms with van der Waals surface area (Å²) >= 11 is 0. The molecule has 26 nitrogen and oxygen atoms in total. The van der Waals surface area contributed by atoms with Gasteiger partial charge in [-0.1, -0.05) is 0 Å². The highest BCUT2D eigenvalue weighted by Gasteiger charge is 2.63. The van der Waals surface area contributed by atoms with Crippen LogP contribution in [0.3, 0.4) is 0 Å². The molecule has 0 amide bonds. The lowest BCUT2D eigenvalue weighted by atomic mass is 9.96. The summed E-state index contributed by atoms with van der Waals surface area (Å²) in [5.41, 5.74) is 0. The Hall–Kier alpha value is -1.04. The molecule has 0 aromatic heterocycles. The van der Waals surface area contributed by atoms with Crippen molar-refractivity contribution in [1.82, 2.24) is 0 Å². The van der Waals surface area contributed by atoms with Gasteiger partial charge in [0.1, 0.15) is 123 Å². The minimum absolute atomic E-state index is 0.861. The molecule has 5 saturated heterocycles. The van der Waals surface area contributed by atoms with Crippen LogP contribution in [-0.4, -0.2) is 273 Å². The molecule has 0 aromatic carbocycles. The standard InChI is InChI=1S/C30H52O26/c31-1-8-13(37)18(42)21(45)26(49-8)52-22-19(43)14(38)9(2-32)50-27(22)53-23-20(44)15(39)10(3-33)51-28(23)56-30(25(47)17(41)12(5-35)55-30)7-48-29(6-36)24(46)16(40)11(4-34)54-29/h8-28,31-47H,1-7H2/t8-,9-,10-,11-,12-,13-,14-,15-,16-,17-,18+,19+,20+,21-,22-,23-,24+,25+,26-,27-,28-,29-,30+/m1/s1. The van der Waals surface area contributed by atoms with Gasteiger partial charge in [-0.3, -0.25) is 0 Å². The molecule has 5 rings (SSSR count). The number of hydrogen-bond acceptors (Lipinski definition) is 26. The molecule has 0 spiro atoms. The lowest BCUT2D eigenvalue weighted by molar-refractivity contribution is -0.423. The van der Waals surface area contributed by atoms with E-state index in [0.717, 1.165) is 0 Å². The van der Waals surface area contributed by atoms with E-state index >= 15 is 0 Å². The molecule has 5 fully saturated rings. The van der Waals surface area contributed by atoms with Gasteiger partial charge in [0.05, 0.1) is 33.0 Å². The van der Waals surface area contributed by atoms with Crippen LogP contribution in [0.15, 0.2) is 0 Å². The Morgan fingerprint density at radius 3 is 1.25 bits per heavy atom. The molecule has 0 aliphatic carbocycles. The van der Waals surface area contributed by atoms with Crippen LogP contribution in [0.4, 0.5) is 0 Å². The number of aliphatic hydroxyl groups is 17. The van der Waals surface area contributed by atoms with Crippen molar-refractivity contribution in [1.29, 1.82) is 0 Å². The van der Waals surface area contributed by atoms with Crippen molar-refractivity contribution >= 4 is 0 Å². The molecule has 17 N–H and O–H groups in total. The topological polar surface area (TPSA) is 427 Å². The van der Waals surface area contributed by atoms with Crippen LogP contribution in [0.2, 0.25) is 0 Å². The first-order valence-electron chi connectivity index (χ1n) is 17.6. The van der Waals surface area contributed by atoms with Crippen molar-refractivity contribution in [3.8, 4) is 0 Å². The summed E-state index contributed by atoms with van der Waals surface area (Å²) in [5.74, 6) is -5.33. The summed E-state index contributed by atoms with van der Waals surface area (Å²) in [6.45, 7) is -7.10. The van der Waals surface area contributed by atoms with E-state index in [1.165, 1.54) is 0 Å². The normalized spacial score (nSPS) is 52.8. The van der Waals surface area contributed by atoms with Crippen molar-refractivity contribution < 1.29 is 129 Å². The van der Waals surface area contributed by atoms with Gasteiger partial charge in [0.25, 0.3) is 0 Å². The Bertz CT molecular complexity index is 1240. The zero-order valence-electron chi connectivity index (χ0n) is 29.4. The molecule has 5 heterocycles. The van der Waals surface area contributed by atoms with Crippen LogP contribution >= 0.6 is 0 Å². The zero-order valence-corrected chi connectivity index (χ0v) is 29.4. The lowest BCUT2D eigenvalue weighted by Crippen LogP contribution is -2.68. The maximum Gasteiger partial charge on any atom is 0.224 e. The van der Waals surface area contributed by atoms with E-state index in [0.29, 0.717) is 0 Å². The Morgan fingerprint density at radius 1 is 0.393 bits per heavy atom. The van der Waals surface area contributed by atoms with Crippen LogP contribution in [0.5, 0.6) is 0 Å². The third kappa shape index (κ3) is 8.47. The number of rotatable bonds is 15. The van der Waals surface area contributed by atoms with Gasteiger partial charge in [-0.25, -0.2) is 0 Å². The van der Waals surface area contributed by atoms with Crippen LogP contribution in [-0.2, 0) is 42.6 Å². The Morgan fingerprint density at radius 2 is 0.786 bits per heavy atom. The monoisotopic (exact) mass is 828 g/mol. The Kier molecular flexibility index (Phi) is 15.4. The molecular weight excluding hydrogens is 776 g/mol. The highest BCUT2D eigenvalue weighted by Crippen LogP contribution is 2.41. The smallest absolute Gasteiger partial charge is 0.224 e. The fourth-order valence-electron chi connectivity index (χ4n) is 7.07. The first-order chi connectivity index (χ1) is 26.5. The van der Waals surface area contributed by atoms with Crippen molar-refractivity contribution in [3.63, 3.8) is 0 Å². The molecule has 5 aliphatic rings. The van der Waals surface area contributed by atoms with E-state index in [9.17, 15) is 86.8 Å². The fourth-order valence-corrected chi connectivity index (χ4v) is 7.07. The minimum Gasteiger partial charge on any atom is -0.394 e. The number of aliphatic hydroxyl groups excluding tert-OH is 17. The third-order valence-electron chi connectivity index (χ3n) is 10.5. The van der Waals surface area contributed by atoms with Crippen molar-refractivity contribution in [2.75, 3.05) is 46.2 Å². The van der Waals surface area contributed by atoms with Crippen molar-refractivity contribution in [2.24, 2.45) is 0 Å². The van der Waals surface area contributed by atoms with Gasteiger partial charge in [-0.05, 0) is 0 Å². The predicted molar refractivity (Wildman–Crippen MR) is 167 cm³/mol. The Balaban J connectivity index is 1.48. The molecule has 328 valence electrons. The number of hydrogen-bond donors (Lipinski definition) is 17. The largest absolute Gasteiger partial charge is 0.394 e. The first kappa shape index (κ1) is 46.0. The summed E-state index contributed by atoms with van der Waals surface area (Å²) in [6, 6.07) is 0. The molecule has 5 aliphatic heterocycles. The predicted octanol–water partition coefficient (Wildman–Crippen LogP) is -11.9. The van der Waals surface area contributed by atoms with E-state index in [4.69, 9.17) is 42.6 Å². The highest BCUT2D eigenvalue weighted by atomic mass is 16.8. The maximum absolute atomic E-state index is 11.3. The second-order valence-corrected chi connectivity index (χ2v) is 14.0. The van der Waals surface area contributed by atoms with E-state index in [-0.39, 0.29) is 0 Å². The summed E-state index contributed by atoms with van der Waals surface area (Å²) in [5, 5.41) is 177. The molecule has 26 heteroatoms. The summed E-state index contributed by atoms with van der Waals surface area (Å²) in [4.78, 5) is 0. The molecule has 0 unspecified atom stereocenters. The summed E-state index contributed by atoms with van der Waals surface area (Å²) in [6.07, 6.45) is -40.8. The van der Waals surface area contributed by atoms with Gasteiger partial charge < -0.3 is 129 Å². The van der Waals surface area contributed by atoms with Crippen LogP contribution in [0, 0.1) is 0 Å². The van der Waals surface area contributed by atoms with Crippen molar-refractivity contribution in [3.05, 3.63) is 0 Å². The zero-order chi connectivity index (χ0) is 41.4. The third-order valence-corrected chi connectivity index (χ3v) is 10.5. The SMILES string of the molecule is OC[C@H]1O[C@@](CO)(OC[C@@]2(O[C@H]3O[C@H](CO)[C@@H](O)[C@H](O)[C@H]3O[C@H]3O[C@H](CO)[C@@H](O)[C@H](O)[C@H]3O[C@H]3O[C@H](CO)[C@@H](O)[C@H](O)[C@H]3O)O[C@H](CO)[C@@H](O)[C@@H]2O)[C@@H](O)[C@@H]1O. The van der Waals surface area contributed by atoms with Gasteiger partial charge in [-0.15, -0.1) is 0 Å². The molecule has 56 heavy (non-hydrogen) atoms. The number of ether oxygens (including phenoxy) is 9. The first-order valence-corrected chi connectivity index (χ1v) is 17.6. The average molecular weight is 829 g/mol. The van der Waals surface area contributed by atoms with E-state index < -0.39 is 187 Å². The molecule has 0 aromatic rings. The van der Waals surface area contributed by atoms with Crippen LogP contribution in [0.25, 0.3) is 0 Å². The van der Waals surface area contributed by atoms with Gasteiger partial charge in [0.15, 0.2) is 18.9 Å². The van der Waals surface area contributed by atoms with Gasteiger partial charge in [0, 0.05) is 0 Å². The summed E-state index contributed by atoms with van der Waals surface area (Å²) in [7, 11) is 0. The van der Waals surface area contributed by atoms with Gasteiger partial charge in [0.2, 0.25) is 11.6 Å². The lowest BCUT2D eigenvalue weighted by Gasteiger charge is -2.49. The molecule has 0 saturated carbocycles. The second-order valence-electron chi connectivity index (χ2n) is 14.0. The minimum atomic E-state index is -2.79. The summed E-state index contributed by atoms with van der Waals surface area (Å²) < 4.78 is 50.6. The fraction of sp³-hybridized carbons (Fsp3) is 1.00. The van der Waals surface area contributed by atoms with Crippen LogP contribution < -0.4 is 0 Å². The molecule has 0 bridgehead atoms. The van der Waals surface area contributed by atoms with E-state index in [2.05, 4.69) is 0 Å². The maximum atomic E-state index is 11.3. The van der Waals surface area contributed by atoms with Crippen LogP contribution in [0.1, 0.15) is 0 Å². The molecular formula is C30H52O26. The Labute approximate surface area is 316 Å². The molecule has 23 atom stereocenters. The average Bonchev–Trinajstić information content (AvgIpc) is 3.59. The van der Waals surface area contributed by atoms with E-state index in [1.807, 2.05) is 0 Å². The van der Waals surface area contributed by atoms with Crippen molar-refractivity contribution in [2.45, 2.75) is 140 Å².